The third-order valence-electron chi connectivity index (χ3n) is 2.43. The van der Waals surface area contributed by atoms with E-state index in [4.69, 9.17) is 28.9 Å². The molecule has 3 N–H and O–H groups in total. The van der Waals surface area contributed by atoms with Crippen molar-refractivity contribution in [1.82, 2.24) is 0 Å². The van der Waals surface area contributed by atoms with Gasteiger partial charge >= 0.3 is 0 Å². The average Bonchev–Trinajstić information content (AvgIpc) is 2.33. The molecule has 0 unspecified atom stereocenters. The highest BCUT2D eigenvalue weighted by Crippen LogP contribution is 2.25. The van der Waals surface area contributed by atoms with E-state index in [2.05, 4.69) is 21.2 Å². The highest BCUT2D eigenvalue weighted by Gasteiger charge is 2.11. The summed E-state index contributed by atoms with van der Waals surface area (Å²) in [6.45, 7) is 0. The zero-order valence-electron chi connectivity index (χ0n) is 9.58. The van der Waals surface area contributed by atoms with E-state index in [0.29, 0.717) is 31.5 Å². The minimum atomic E-state index is -0.260. The topological polar surface area (TPSA) is 55.1 Å². The normalized spacial score (nSPS) is 10.3. The van der Waals surface area contributed by atoms with Gasteiger partial charge in [-0.25, -0.2) is 0 Å². The van der Waals surface area contributed by atoms with Gasteiger partial charge in [0.25, 0.3) is 5.91 Å². The van der Waals surface area contributed by atoms with Crippen molar-refractivity contribution >= 4 is 56.4 Å². The Hall–Kier alpha value is -1.23. The van der Waals surface area contributed by atoms with Crippen LogP contribution >= 0.6 is 39.1 Å². The highest BCUT2D eigenvalue weighted by molar-refractivity contribution is 9.10. The maximum absolute atomic E-state index is 12.1. The molecule has 98 valence electrons. The van der Waals surface area contributed by atoms with Gasteiger partial charge in [-0.05, 0) is 52.3 Å². The Balaban J connectivity index is 2.23. The van der Waals surface area contributed by atoms with Crippen LogP contribution in [0.25, 0.3) is 0 Å². The summed E-state index contributed by atoms with van der Waals surface area (Å²) in [5.74, 6) is -0.260. The minimum absolute atomic E-state index is 0.260. The number of anilines is 2. The SMILES string of the molecule is Nc1ccc(NC(=O)c2ccc(Cl)cc2Br)cc1Cl. The predicted molar refractivity (Wildman–Crippen MR) is 83.0 cm³/mol. The van der Waals surface area contributed by atoms with Crippen LogP contribution in [0.4, 0.5) is 11.4 Å². The lowest BCUT2D eigenvalue weighted by Gasteiger charge is -2.08. The third kappa shape index (κ3) is 3.41. The van der Waals surface area contributed by atoms with Crippen molar-refractivity contribution in [3.05, 3.63) is 56.5 Å². The molecule has 0 aliphatic heterocycles. The van der Waals surface area contributed by atoms with Gasteiger partial charge in [-0.1, -0.05) is 23.2 Å². The van der Waals surface area contributed by atoms with E-state index in [0.717, 1.165) is 0 Å². The summed E-state index contributed by atoms with van der Waals surface area (Å²) in [6, 6.07) is 9.86. The maximum Gasteiger partial charge on any atom is 0.256 e. The van der Waals surface area contributed by atoms with E-state index in [1.165, 1.54) is 0 Å². The number of amides is 1. The molecule has 0 saturated heterocycles. The second-order valence-corrected chi connectivity index (χ2v) is 5.51. The molecule has 0 bridgehead atoms. The van der Waals surface area contributed by atoms with Crippen LogP contribution in [0.2, 0.25) is 10.0 Å². The zero-order valence-corrected chi connectivity index (χ0v) is 12.7. The summed E-state index contributed by atoms with van der Waals surface area (Å²) in [4.78, 5) is 12.1. The Morgan fingerprint density at radius 2 is 1.89 bits per heavy atom. The van der Waals surface area contributed by atoms with Gasteiger partial charge in [0.05, 0.1) is 16.3 Å². The first-order chi connectivity index (χ1) is 8.97. The lowest BCUT2D eigenvalue weighted by atomic mass is 10.2. The Morgan fingerprint density at radius 3 is 2.53 bits per heavy atom. The van der Waals surface area contributed by atoms with Crippen LogP contribution in [0.1, 0.15) is 10.4 Å². The molecule has 0 aliphatic rings. The number of hydrogen-bond acceptors (Lipinski definition) is 2. The number of halogens is 3. The second-order valence-electron chi connectivity index (χ2n) is 3.81. The Labute approximate surface area is 128 Å². The number of nitrogens with one attached hydrogen (secondary N) is 1. The number of rotatable bonds is 2. The third-order valence-corrected chi connectivity index (χ3v) is 3.65. The Kier molecular flexibility index (Phi) is 4.34. The first-order valence-corrected chi connectivity index (χ1v) is 6.83. The van der Waals surface area contributed by atoms with Gasteiger partial charge in [-0.15, -0.1) is 0 Å². The molecule has 0 saturated carbocycles. The van der Waals surface area contributed by atoms with Crippen molar-refractivity contribution in [1.29, 1.82) is 0 Å². The van der Waals surface area contributed by atoms with Crippen LogP contribution in [0, 0.1) is 0 Å². The summed E-state index contributed by atoms with van der Waals surface area (Å²) in [5, 5.41) is 3.69. The van der Waals surface area contributed by atoms with E-state index in [9.17, 15) is 4.79 Å². The fraction of sp³-hybridized carbons (Fsp3) is 0. The van der Waals surface area contributed by atoms with Crippen LogP contribution in [0.3, 0.4) is 0 Å². The van der Waals surface area contributed by atoms with E-state index in [1.807, 2.05) is 0 Å². The van der Waals surface area contributed by atoms with Crippen LogP contribution < -0.4 is 11.1 Å². The summed E-state index contributed by atoms with van der Waals surface area (Å²) in [5.41, 5.74) is 7.13. The predicted octanol–water partition coefficient (Wildman–Crippen LogP) is 4.59. The lowest BCUT2D eigenvalue weighted by Crippen LogP contribution is -2.12. The molecule has 19 heavy (non-hydrogen) atoms. The molecule has 2 rings (SSSR count). The van der Waals surface area contributed by atoms with Gasteiger partial charge in [-0.2, -0.15) is 0 Å². The van der Waals surface area contributed by atoms with Gasteiger partial charge in [0.2, 0.25) is 0 Å². The van der Waals surface area contributed by atoms with Gasteiger partial charge < -0.3 is 11.1 Å². The van der Waals surface area contributed by atoms with Gasteiger partial charge in [0, 0.05) is 15.2 Å². The number of carbonyl (C=O) groups is 1. The first kappa shape index (κ1) is 14.2. The van der Waals surface area contributed by atoms with Crippen LogP contribution in [0.5, 0.6) is 0 Å². The molecule has 0 radical (unpaired) electrons. The number of nitrogens with two attached hydrogens (primary N) is 1. The van der Waals surface area contributed by atoms with Gasteiger partial charge in [0.1, 0.15) is 0 Å². The summed E-state index contributed by atoms with van der Waals surface area (Å²) < 4.78 is 0.624. The molecule has 0 heterocycles. The molecule has 2 aromatic carbocycles. The quantitative estimate of drug-likeness (QED) is 0.770. The Morgan fingerprint density at radius 1 is 1.16 bits per heavy atom. The molecule has 0 aliphatic carbocycles. The van der Waals surface area contributed by atoms with Crippen LogP contribution in [-0.2, 0) is 0 Å². The first-order valence-electron chi connectivity index (χ1n) is 5.29. The van der Waals surface area contributed by atoms with Crippen molar-refractivity contribution in [3.63, 3.8) is 0 Å². The zero-order chi connectivity index (χ0) is 14.0. The summed E-state index contributed by atoms with van der Waals surface area (Å²) >= 11 is 15.0. The molecule has 0 aromatic heterocycles. The van der Waals surface area contributed by atoms with E-state index < -0.39 is 0 Å². The van der Waals surface area contributed by atoms with Gasteiger partial charge in [0.15, 0.2) is 0 Å². The van der Waals surface area contributed by atoms with E-state index in [-0.39, 0.29) is 5.91 Å². The second kappa shape index (κ2) is 5.82. The minimum Gasteiger partial charge on any atom is -0.398 e. The molecule has 2 aromatic rings. The lowest BCUT2D eigenvalue weighted by molar-refractivity contribution is 0.102. The van der Waals surface area contributed by atoms with Crippen molar-refractivity contribution in [2.45, 2.75) is 0 Å². The van der Waals surface area contributed by atoms with Crippen molar-refractivity contribution in [3.8, 4) is 0 Å². The van der Waals surface area contributed by atoms with Crippen LogP contribution in [-0.4, -0.2) is 5.91 Å². The molecule has 6 heteroatoms. The van der Waals surface area contributed by atoms with Crippen LogP contribution in [0.15, 0.2) is 40.9 Å². The largest absolute Gasteiger partial charge is 0.398 e. The Bertz CT molecular complexity index is 647. The van der Waals surface area contributed by atoms with E-state index in [1.54, 1.807) is 36.4 Å². The number of benzene rings is 2. The monoisotopic (exact) mass is 358 g/mol. The van der Waals surface area contributed by atoms with E-state index >= 15 is 0 Å². The number of nitrogen functional groups attached to an aromatic ring is 1. The summed E-state index contributed by atoms with van der Waals surface area (Å²) in [7, 11) is 0. The van der Waals surface area contributed by atoms with Crippen molar-refractivity contribution in [2.75, 3.05) is 11.1 Å². The fourth-order valence-corrected chi connectivity index (χ4v) is 2.52. The molecule has 3 nitrogen and oxygen atoms in total. The smallest absolute Gasteiger partial charge is 0.256 e. The fourth-order valence-electron chi connectivity index (χ4n) is 1.48. The number of hydrogen-bond donors (Lipinski definition) is 2. The van der Waals surface area contributed by atoms with Gasteiger partial charge in [-0.3, -0.25) is 4.79 Å². The van der Waals surface area contributed by atoms with Crippen molar-refractivity contribution in [2.24, 2.45) is 0 Å². The number of carbonyl (C=O) groups excluding carboxylic acids is 1. The summed E-state index contributed by atoms with van der Waals surface area (Å²) in [6.07, 6.45) is 0. The molecule has 0 spiro atoms. The average molecular weight is 360 g/mol. The molecule has 0 fully saturated rings. The molecular formula is C13H9BrCl2N2O. The van der Waals surface area contributed by atoms with Crippen molar-refractivity contribution < 1.29 is 4.79 Å². The molecular weight excluding hydrogens is 351 g/mol. The molecule has 1 amide bonds. The standard InChI is InChI=1S/C13H9BrCl2N2O/c14-10-5-7(15)1-3-9(10)13(19)18-8-2-4-12(17)11(16)6-8/h1-6H,17H2,(H,18,19). The maximum atomic E-state index is 12.1. The molecule has 0 atom stereocenters. The highest BCUT2D eigenvalue weighted by atomic mass is 79.9.